The molecule has 0 bridgehead atoms. The van der Waals surface area contributed by atoms with Crippen molar-refractivity contribution in [2.75, 3.05) is 5.75 Å². The molecule has 100 valence electrons. The van der Waals surface area contributed by atoms with E-state index in [4.69, 9.17) is 0 Å². The third kappa shape index (κ3) is 2.47. The Morgan fingerprint density at radius 1 is 1.15 bits per heavy atom. The smallest absolute Gasteiger partial charge is 0.150 e. The molecular weight excluding hydrogens is 268 g/mol. The minimum absolute atomic E-state index is 0.680. The molecule has 0 radical (unpaired) electrons. The highest BCUT2D eigenvalue weighted by molar-refractivity contribution is 7.99. The number of rotatable bonds is 4. The van der Waals surface area contributed by atoms with Gasteiger partial charge in [-0.1, -0.05) is 31.2 Å². The van der Waals surface area contributed by atoms with Crippen molar-refractivity contribution in [3.63, 3.8) is 0 Å². The van der Waals surface area contributed by atoms with Crippen LogP contribution in [0.4, 0.5) is 0 Å². The van der Waals surface area contributed by atoms with Crippen molar-refractivity contribution >= 4 is 23.7 Å². The first-order chi connectivity index (χ1) is 9.80. The Bertz CT molecular complexity index is 747. The van der Waals surface area contributed by atoms with E-state index in [0.29, 0.717) is 5.56 Å². The summed E-state index contributed by atoms with van der Waals surface area (Å²) in [5.74, 6) is 1.06. The van der Waals surface area contributed by atoms with Crippen molar-refractivity contribution in [3.8, 4) is 11.3 Å². The van der Waals surface area contributed by atoms with Gasteiger partial charge in [-0.05, 0) is 17.9 Å². The average molecular weight is 282 g/mol. The Labute approximate surface area is 121 Å². The normalized spacial score (nSPS) is 10.8. The van der Waals surface area contributed by atoms with E-state index in [-0.39, 0.29) is 0 Å². The molecule has 2 heterocycles. The van der Waals surface area contributed by atoms with Crippen LogP contribution in [0.1, 0.15) is 17.3 Å². The van der Waals surface area contributed by atoms with Crippen molar-refractivity contribution in [2.24, 2.45) is 0 Å². The molecule has 3 nitrogen and oxygen atoms in total. The zero-order valence-electron chi connectivity index (χ0n) is 11.1. The van der Waals surface area contributed by atoms with Crippen molar-refractivity contribution < 1.29 is 4.79 Å². The number of aromatic nitrogens is 2. The molecule has 3 rings (SSSR count). The Morgan fingerprint density at radius 2 is 1.95 bits per heavy atom. The second kappa shape index (κ2) is 5.51. The monoisotopic (exact) mass is 282 g/mol. The van der Waals surface area contributed by atoms with Crippen LogP contribution in [0.15, 0.2) is 53.7 Å². The van der Waals surface area contributed by atoms with Gasteiger partial charge in [-0.15, -0.1) is 11.8 Å². The minimum atomic E-state index is 0.680. The van der Waals surface area contributed by atoms with E-state index in [1.54, 1.807) is 0 Å². The van der Waals surface area contributed by atoms with Crippen LogP contribution in [0.25, 0.3) is 16.9 Å². The first-order valence-electron chi connectivity index (χ1n) is 6.47. The second-order valence-corrected chi connectivity index (χ2v) is 5.77. The molecule has 0 amide bonds. The Hall–Kier alpha value is -2.07. The van der Waals surface area contributed by atoms with E-state index in [9.17, 15) is 4.79 Å². The first-order valence-corrected chi connectivity index (χ1v) is 7.46. The summed E-state index contributed by atoms with van der Waals surface area (Å²) < 4.78 is 2.04. The van der Waals surface area contributed by atoms with Crippen molar-refractivity contribution in [1.29, 1.82) is 0 Å². The molecular formula is C16H14N2OS. The van der Waals surface area contributed by atoms with Gasteiger partial charge in [-0.3, -0.25) is 4.79 Å². The van der Waals surface area contributed by atoms with Gasteiger partial charge < -0.3 is 4.40 Å². The summed E-state index contributed by atoms with van der Waals surface area (Å²) in [6.45, 7) is 2.14. The summed E-state index contributed by atoms with van der Waals surface area (Å²) >= 11 is 1.81. The summed E-state index contributed by atoms with van der Waals surface area (Å²) in [4.78, 5) is 16.5. The van der Waals surface area contributed by atoms with Crippen LogP contribution in [0.3, 0.4) is 0 Å². The van der Waals surface area contributed by atoms with Crippen molar-refractivity contribution in [2.45, 2.75) is 11.8 Å². The van der Waals surface area contributed by atoms with E-state index in [1.807, 2.05) is 52.7 Å². The van der Waals surface area contributed by atoms with Crippen LogP contribution in [0.5, 0.6) is 0 Å². The minimum Gasteiger partial charge on any atom is -0.305 e. The molecule has 0 saturated heterocycles. The molecule has 0 spiro atoms. The van der Waals surface area contributed by atoms with Crippen LogP contribution in [0, 0.1) is 0 Å². The molecule has 3 aromatic rings. The van der Waals surface area contributed by atoms with E-state index < -0.39 is 0 Å². The summed E-state index contributed by atoms with van der Waals surface area (Å²) in [6, 6.07) is 11.6. The van der Waals surface area contributed by atoms with Crippen LogP contribution in [0.2, 0.25) is 0 Å². The molecule has 0 fully saturated rings. The van der Waals surface area contributed by atoms with Crippen LogP contribution < -0.4 is 0 Å². The molecule has 0 unspecified atom stereocenters. The van der Waals surface area contributed by atoms with Gasteiger partial charge in [0.2, 0.25) is 0 Å². The highest BCUT2D eigenvalue weighted by Crippen LogP contribution is 2.22. The van der Waals surface area contributed by atoms with Gasteiger partial charge in [-0.2, -0.15) is 0 Å². The topological polar surface area (TPSA) is 34.4 Å². The van der Waals surface area contributed by atoms with Gasteiger partial charge in [-0.25, -0.2) is 4.98 Å². The number of imidazole rings is 1. The lowest BCUT2D eigenvalue weighted by Gasteiger charge is -1.98. The molecule has 20 heavy (non-hydrogen) atoms. The van der Waals surface area contributed by atoms with Gasteiger partial charge in [0.05, 0.1) is 5.69 Å². The number of carbonyl (C=O) groups is 1. The highest BCUT2D eigenvalue weighted by Gasteiger charge is 2.05. The largest absolute Gasteiger partial charge is 0.305 e. The Balaban J connectivity index is 2.00. The lowest BCUT2D eigenvalue weighted by atomic mass is 10.1. The predicted octanol–water partition coefficient (Wildman–Crippen LogP) is 3.93. The first kappa shape index (κ1) is 12.9. The lowest BCUT2D eigenvalue weighted by Crippen LogP contribution is -1.83. The fraction of sp³-hybridized carbons (Fsp3) is 0.125. The van der Waals surface area contributed by atoms with Gasteiger partial charge >= 0.3 is 0 Å². The summed E-state index contributed by atoms with van der Waals surface area (Å²) in [5.41, 5.74) is 3.55. The van der Waals surface area contributed by atoms with E-state index in [0.717, 1.165) is 28.9 Å². The highest BCUT2D eigenvalue weighted by atomic mass is 32.2. The third-order valence-corrected chi connectivity index (χ3v) is 3.94. The molecule has 0 atom stereocenters. The molecule has 2 aromatic heterocycles. The summed E-state index contributed by atoms with van der Waals surface area (Å²) in [5, 5.41) is 0. The van der Waals surface area contributed by atoms with Gasteiger partial charge in [0.1, 0.15) is 11.9 Å². The Kier molecular flexibility index (Phi) is 3.56. The lowest BCUT2D eigenvalue weighted by molar-refractivity contribution is 0.112. The number of hydrogen-bond acceptors (Lipinski definition) is 3. The molecule has 0 N–H and O–H groups in total. The van der Waals surface area contributed by atoms with Crippen LogP contribution in [-0.2, 0) is 0 Å². The van der Waals surface area contributed by atoms with E-state index in [2.05, 4.69) is 24.2 Å². The van der Waals surface area contributed by atoms with Gasteiger partial charge in [0.25, 0.3) is 0 Å². The molecule has 0 aliphatic heterocycles. The number of nitrogens with zero attached hydrogens (tertiary/aromatic N) is 2. The average Bonchev–Trinajstić information content (AvgIpc) is 2.91. The number of pyridine rings is 1. The molecule has 0 aliphatic rings. The quantitative estimate of drug-likeness (QED) is 0.537. The zero-order chi connectivity index (χ0) is 13.9. The van der Waals surface area contributed by atoms with E-state index in [1.165, 1.54) is 4.90 Å². The van der Waals surface area contributed by atoms with Gasteiger partial charge in [0, 0.05) is 28.4 Å². The number of fused-ring (bicyclic) bond motifs is 1. The maximum absolute atomic E-state index is 10.7. The standard InChI is InChI=1S/C16H14N2OS/c1-2-20-14-7-8-16-17-15(10-18(16)9-14)13-5-3-12(11-19)4-6-13/h3-11H,2H2,1H3. The summed E-state index contributed by atoms with van der Waals surface area (Å²) in [7, 11) is 0. The fourth-order valence-corrected chi connectivity index (χ4v) is 2.78. The number of aldehydes is 1. The van der Waals surface area contributed by atoms with Crippen molar-refractivity contribution in [3.05, 3.63) is 54.4 Å². The molecule has 1 aromatic carbocycles. The number of hydrogen-bond donors (Lipinski definition) is 0. The SMILES string of the molecule is CCSc1ccc2nc(-c3ccc(C=O)cc3)cn2c1. The number of thioether (sulfide) groups is 1. The predicted molar refractivity (Wildman–Crippen MR) is 82.4 cm³/mol. The fourth-order valence-electron chi connectivity index (χ4n) is 2.09. The van der Waals surface area contributed by atoms with E-state index >= 15 is 0 Å². The number of benzene rings is 1. The molecule has 0 aliphatic carbocycles. The maximum atomic E-state index is 10.7. The summed E-state index contributed by atoms with van der Waals surface area (Å²) in [6.07, 6.45) is 4.96. The van der Waals surface area contributed by atoms with Crippen molar-refractivity contribution in [1.82, 2.24) is 9.38 Å². The van der Waals surface area contributed by atoms with Crippen LogP contribution in [-0.4, -0.2) is 21.4 Å². The number of carbonyl (C=O) groups excluding carboxylic acids is 1. The van der Waals surface area contributed by atoms with Crippen LogP contribution >= 0.6 is 11.8 Å². The Morgan fingerprint density at radius 3 is 2.65 bits per heavy atom. The zero-order valence-corrected chi connectivity index (χ0v) is 11.9. The molecule has 4 heteroatoms. The maximum Gasteiger partial charge on any atom is 0.150 e. The second-order valence-electron chi connectivity index (χ2n) is 4.43. The third-order valence-electron chi connectivity index (χ3n) is 3.08. The van der Waals surface area contributed by atoms with Gasteiger partial charge in [0.15, 0.2) is 0 Å². The molecule has 0 saturated carbocycles.